The number of aryl methyl sites for hydroxylation is 1. The van der Waals surface area contributed by atoms with Gasteiger partial charge < -0.3 is 9.84 Å². The number of sulfonamides is 1. The zero-order valence-corrected chi connectivity index (χ0v) is 15.9. The molecular formula is C18H25N3O4S. The Bertz CT molecular complexity index is 870. The zero-order valence-electron chi connectivity index (χ0n) is 15.1. The highest BCUT2D eigenvalue weighted by Crippen LogP contribution is 2.32. The predicted octanol–water partition coefficient (Wildman–Crippen LogP) is 2.07. The highest BCUT2D eigenvalue weighted by Gasteiger charge is 2.31. The van der Waals surface area contributed by atoms with Crippen LogP contribution in [0, 0.1) is 0 Å². The molecular weight excluding hydrogens is 354 g/mol. The molecule has 1 heterocycles. The van der Waals surface area contributed by atoms with Crippen molar-refractivity contribution in [1.29, 1.82) is 0 Å². The minimum atomic E-state index is -3.74. The van der Waals surface area contributed by atoms with Gasteiger partial charge in [0.2, 0.25) is 10.0 Å². The SMILES string of the molecule is COc1ccc(S(=O)(=O)NCC2(O)CCCCC2)cc1-c1ccnn1C. The molecule has 0 aliphatic heterocycles. The van der Waals surface area contributed by atoms with Gasteiger partial charge in [-0.2, -0.15) is 5.10 Å². The van der Waals surface area contributed by atoms with Crippen LogP contribution in [-0.4, -0.2) is 42.6 Å². The molecule has 0 saturated heterocycles. The topological polar surface area (TPSA) is 93.5 Å². The molecule has 0 atom stereocenters. The van der Waals surface area contributed by atoms with Crippen LogP contribution in [-0.2, 0) is 17.1 Å². The lowest BCUT2D eigenvalue weighted by atomic mass is 9.85. The van der Waals surface area contributed by atoms with Crippen LogP contribution in [0.1, 0.15) is 32.1 Å². The van der Waals surface area contributed by atoms with Crippen molar-refractivity contribution in [3.05, 3.63) is 30.5 Å². The molecule has 1 aromatic heterocycles. The summed E-state index contributed by atoms with van der Waals surface area (Å²) in [6.45, 7) is 0.0302. The van der Waals surface area contributed by atoms with E-state index in [1.807, 2.05) is 0 Å². The van der Waals surface area contributed by atoms with Gasteiger partial charge in [0.15, 0.2) is 0 Å². The van der Waals surface area contributed by atoms with E-state index in [-0.39, 0.29) is 11.4 Å². The van der Waals surface area contributed by atoms with E-state index in [0.29, 0.717) is 24.2 Å². The van der Waals surface area contributed by atoms with Gasteiger partial charge in [0, 0.05) is 25.4 Å². The molecule has 1 fully saturated rings. The average Bonchev–Trinajstić information content (AvgIpc) is 3.06. The van der Waals surface area contributed by atoms with E-state index in [2.05, 4.69) is 9.82 Å². The van der Waals surface area contributed by atoms with Crippen LogP contribution in [0.15, 0.2) is 35.4 Å². The van der Waals surface area contributed by atoms with Crippen LogP contribution >= 0.6 is 0 Å². The standard InChI is InChI=1S/C18H25N3O4S/c1-21-16(8-11-19-21)15-12-14(6-7-17(15)25-2)26(23,24)20-13-18(22)9-4-3-5-10-18/h6-8,11-12,20,22H,3-5,9-10,13H2,1-2H3. The molecule has 1 aromatic carbocycles. The van der Waals surface area contributed by atoms with Gasteiger partial charge >= 0.3 is 0 Å². The number of benzene rings is 1. The maximum atomic E-state index is 12.7. The number of hydrogen-bond acceptors (Lipinski definition) is 5. The highest BCUT2D eigenvalue weighted by molar-refractivity contribution is 7.89. The van der Waals surface area contributed by atoms with Gasteiger partial charge in [-0.15, -0.1) is 0 Å². The fourth-order valence-corrected chi connectivity index (χ4v) is 4.54. The number of nitrogens with zero attached hydrogens (tertiary/aromatic N) is 2. The molecule has 0 spiro atoms. The third-order valence-electron chi connectivity index (χ3n) is 4.95. The summed E-state index contributed by atoms with van der Waals surface area (Å²) in [7, 11) is -0.418. The van der Waals surface area contributed by atoms with Crippen molar-refractivity contribution in [3.8, 4) is 17.0 Å². The van der Waals surface area contributed by atoms with Crippen molar-refractivity contribution in [2.45, 2.75) is 42.6 Å². The first kappa shape index (κ1) is 18.9. The summed E-state index contributed by atoms with van der Waals surface area (Å²) in [5.74, 6) is 0.568. The molecule has 3 rings (SSSR count). The Morgan fingerprint density at radius 1 is 1.27 bits per heavy atom. The summed E-state index contributed by atoms with van der Waals surface area (Å²) >= 11 is 0. The molecule has 1 saturated carbocycles. The molecule has 0 amide bonds. The zero-order chi connectivity index (χ0) is 18.8. The van der Waals surface area contributed by atoms with Gasteiger partial charge in [0.1, 0.15) is 5.75 Å². The first-order valence-corrected chi connectivity index (χ1v) is 10.2. The lowest BCUT2D eigenvalue weighted by Gasteiger charge is -2.32. The Labute approximate surface area is 154 Å². The van der Waals surface area contributed by atoms with Crippen molar-refractivity contribution in [3.63, 3.8) is 0 Å². The number of ether oxygens (including phenoxy) is 1. The van der Waals surface area contributed by atoms with Gasteiger partial charge in [-0.25, -0.2) is 13.1 Å². The quantitative estimate of drug-likeness (QED) is 0.801. The first-order chi connectivity index (χ1) is 12.3. The average molecular weight is 379 g/mol. The summed E-state index contributed by atoms with van der Waals surface area (Å²) in [5, 5.41) is 14.7. The molecule has 0 bridgehead atoms. The first-order valence-electron chi connectivity index (χ1n) is 8.73. The minimum Gasteiger partial charge on any atom is -0.496 e. The second-order valence-electron chi connectivity index (χ2n) is 6.81. The van der Waals surface area contributed by atoms with Crippen molar-refractivity contribution in [1.82, 2.24) is 14.5 Å². The number of methoxy groups -OCH3 is 1. The monoisotopic (exact) mass is 379 g/mol. The summed E-state index contributed by atoms with van der Waals surface area (Å²) in [4.78, 5) is 0.133. The van der Waals surface area contributed by atoms with E-state index < -0.39 is 15.6 Å². The number of nitrogens with one attached hydrogen (secondary N) is 1. The van der Waals surface area contributed by atoms with E-state index in [4.69, 9.17) is 4.74 Å². The molecule has 26 heavy (non-hydrogen) atoms. The Kier molecular flexibility index (Phi) is 5.36. The summed E-state index contributed by atoms with van der Waals surface area (Å²) < 4.78 is 35.1. The lowest BCUT2D eigenvalue weighted by Crippen LogP contribution is -2.44. The largest absolute Gasteiger partial charge is 0.496 e. The number of aliphatic hydroxyl groups is 1. The van der Waals surface area contributed by atoms with E-state index in [1.165, 1.54) is 6.07 Å². The molecule has 8 heteroatoms. The Morgan fingerprint density at radius 3 is 2.62 bits per heavy atom. The van der Waals surface area contributed by atoms with Crippen LogP contribution in [0.4, 0.5) is 0 Å². The van der Waals surface area contributed by atoms with Gasteiger partial charge in [-0.05, 0) is 37.1 Å². The van der Waals surface area contributed by atoms with Crippen LogP contribution in [0.25, 0.3) is 11.3 Å². The fourth-order valence-electron chi connectivity index (χ4n) is 3.39. The Balaban J connectivity index is 1.87. The van der Waals surface area contributed by atoms with Crippen LogP contribution < -0.4 is 9.46 Å². The van der Waals surface area contributed by atoms with Crippen molar-refractivity contribution >= 4 is 10.0 Å². The third kappa shape index (κ3) is 3.92. The van der Waals surface area contributed by atoms with E-state index in [0.717, 1.165) is 25.0 Å². The van der Waals surface area contributed by atoms with E-state index in [1.54, 1.807) is 43.2 Å². The molecule has 142 valence electrons. The second kappa shape index (κ2) is 7.38. The minimum absolute atomic E-state index is 0.0302. The van der Waals surface area contributed by atoms with Crippen LogP contribution in [0.5, 0.6) is 5.75 Å². The summed E-state index contributed by atoms with van der Waals surface area (Å²) in [5.41, 5.74) is 0.444. The number of rotatable bonds is 6. The van der Waals surface area contributed by atoms with Gasteiger partial charge in [-0.3, -0.25) is 4.68 Å². The molecule has 7 nitrogen and oxygen atoms in total. The van der Waals surface area contributed by atoms with Gasteiger partial charge in [0.25, 0.3) is 0 Å². The highest BCUT2D eigenvalue weighted by atomic mass is 32.2. The van der Waals surface area contributed by atoms with Gasteiger partial charge in [0.05, 0.1) is 23.3 Å². The van der Waals surface area contributed by atoms with Crippen molar-refractivity contribution < 1.29 is 18.3 Å². The predicted molar refractivity (Wildman–Crippen MR) is 98.4 cm³/mol. The maximum Gasteiger partial charge on any atom is 0.240 e. The van der Waals surface area contributed by atoms with Crippen LogP contribution in [0.3, 0.4) is 0 Å². The number of hydrogen-bond donors (Lipinski definition) is 2. The normalized spacial score (nSPS) is 17.2. The molecule has 1 aliphatic carbocycles. The maximum absolute atomic E-state index is 12.7. The van der Waals surface area contributed by atoms with Gasteiger partial charge in [-0.1, -0.05) is 19.3 Å². The fraction of sp³-hybridized carbons (Fsp3) is 0.500. The van der Waals surface area contributed by atoms with Crippen LogP contribution in [0.2, 0.25) is 0 Å². The Hall–Kier alpha value is -1.90. The number of aromatic nitrogens is 2. The molecule has 2 aromatic rings. The van der Waals surface area contributed by atoms with Crippen molar-refractivity contribution in [2.24, 2.45) is 7.05 Å². The summed E-state index contributed by atoms with van der Waals surface area (Å²) in [6.07, 6.45) is 5.82. The molecule has 1 aliphatic rings. The lowest BCUT2D eigenvalue weighted by molar-refractivity contribution is 0.00945. The Morgan fingerprint density at radius 2 is 2.00 bits per heavy atom. The molecule has 0 unspecified atom stereocenters. The molecule has 2 N–H and O–H groups in total. The smallest absolute Gasteiger partial charge is 0.240 e. The molecule has 0 radical (unpaired) electrons. The van der Waals surface area contributed by atoms with Crippen molar-refractivity contribution in [2.75, 3.05) is 13.7 Å². The summed E-state index contributed by atoms with van der Waals surface area (Å²) in [6, 6.07) is 6.51. The second-order valence-corrected chi connectivity index (χ2v) is 8.58. The third-order valence-corrected chi connectivity index (χ3v) is 6.35. The van der Waals surface area contributed by atoms with E-state index in [9.17, 15) is 13.5 Å². The van der Waals surface area contributed by atoms with E-state index >= 15 is 0 Å².